The van der Waals surface area contributed by atoms with Crippen LogP contribution in [0.4, 0.5) is 17.1 Å². The van der Waals surface area contributed by atoms with E-state index >= 15 is 0 Å². The van der Waals surface area contributed by atoms with E-state index in [1.807, 2.05) is 81.3 Å². The molecule has 0 aliphatic carbocycles. The van der Waals surface area contributed by atoms with Crippen LogP contribution in [0.3, 0.4) is 0 Å². The van der Waals surface area contributed by atoms with Crippen molar-refractivity contribution < 1.29 is 28.7 Å². The van der Waals surface area contributed by atoms with E-state index in [9.17, 15) is 14.4 Å². The van der Waals surface area contributed by atoms with Gasteiger partial charge in [0, 0.05) is 68.5 Å². The Morgan fingerprint density at radius 3 is 2.08 bits per heavy atom. The van der Waals surface area contributed by atoms with E-state index in [1.165, 1.54) is 26.4 Å². The molecule has 2 N–H and O–H groups in total. The number of nitrogens with one attached hydrogen (secondary N) is 2. The fourth-order valence-corrected chi connectivity index (χ4v) is 3.10. The van der Waals surface area contributed by atoms with Gasteiger partial charge in [-0.15, -0.1) is 0 Å². The number of carbonyl (C=O) groups is 2. The number of carbonyl (C=O) groups excluding carboxylic acids is 4. The van der Waals surface area contributed by atoms with E-state index in [1.54, 1.807) is 6.07 Å². The van der Waals surface area contributed by atoms with Crippen LogP contribution in [0.15, 0.2) is 65.1 Å². The third-order valence-electron chi connectivity index (χ3n) is 4.97. The largest absolute Gasteiger partial charge is 0.466 e. The topological polar surface area (TPSA) is 138 Å². The molecule has 11 nitrogen and oxygen atoms in total. The summed E-state index contributed by atoms with van der Waals surface area (Å²) in [7, 11) is 10.4. The van der Waals surface area contributed by atoms with Gasteiger partial charge in [0.25, 0.3) is 0 Å². The number of H-pyrrole nitrogens is 1. The molecule has 0 spiro atoms. The zero-order valence-electron chi connectivity index (χ0n) is 22.4. The second-order valence-corrected chi connectivity index (χ2v) is 8.17. The van der Waals surface area contributed by atoms with E-state index < -0.39 is 5.97 Å². The first kappa shape index (κ1) is 31.1. The summed E-state index contributed by atoms with van der Waals surface area (Å²) in [5.74, 6) is -0.914. The van der Waals surface area contributed by atoms with Gasteiger partial charge in [0.2, 0.25) is 0 Å². The van der Waals surface area contributed by atoms with Crippen molar-refractivity contribution in [2.45, 2.75) is 6.92 Å². The van der Waals surface area contributed by atoms with Gasteiger partial charge in [-0.25, -0.2) is 9.59 Å². The van der Waals surface area contributed by atoms with Crippen molar-refractivity contribution in [2.24, 2.45) is 0 Å². The van der Waals surface area contributed by atoms with Gasteiger partial charge < -0.3 is 29.6 Å². The predicted molar refractivity (Wildman–Crippen MR) is 145 cm³/mol. The fourth-order valence-electron chi connectivity index (χ4n) is 3.10. The molecule has 0 saturated heterocycles. The molecule has 0 unspecified atom stereocenters. The van der Waals surface area contributed by atoms with Gasteiger partial charge in [-0.05, 0) is 43.3 Å². The molecule has 0 bridgehead atoms. The number of rotatable bonds is 6. The van der Waals surface area contributed by atoms with Crippen molar-refractivity contribution in [1.82, 2.24) is 4.98 Å². The summed E-state index contributed by atoms with van der Waals surface area (Å²) in [6.45, 7) is 1.82. The summed E-state index contributed by atoms with van der Waals surface area (Å²) in [4.78, 5) is 57.4. The average molecular weight is 525 g/mol. The fraction of sp³-hybridized carbons (Fsp3) is 0.259. The lowest BCUT2D eigenvalue weighted by atomic mass is 10.1. The zero-order valence-corrected chi connectivity index (χ0v) is 22.4. The standard InChI is InChI=1S/C13H14N2O3.C13H18N2O2.CO2/c1-15(2)8-4-5-9-10(6-8)14-11(7-12(9)16)13(17)18-3;1-10(8-13(16)17-4)14-11-6-5-7-12(9-11)15(2)3;2-1-3/h4-7H,1-3H3,(H,14,16);5-9,14H,1-4H3;/b;10-8-;. The minimum atomic E-state index is -0.552. The summed E-state index contributed by atoms with van der Waals surface area (Å²) in [6.07, 6.45) is 1.67. The third kappa shape index (κ3) is 9.63. The Kier molecular flexibility index (Phi) is 12.5. The van der Waals surface area contributed by atoms with Crippen LogP contribution in [0, 0.1) is 0 Å². The molecule has 0 atom stereocenters. The minimum absolute atomic E-state index is 0.158. The van der Waals surface area contributed by atoms with Crippen LogP contribution in [0.1, 0.15) is 17.4 Å². The number of hydrogen-bond acceptors (Lipinski definition) is 10. The molecule has 3 rings (SSSR count). The number of aromatic amines is 1. The molecule has 1 heterocycles. The normalized spacial score (nSPS) is 10.0. The number of anilines is 3. The molecule has 0 radical (unpaired) electrons. The Balaban J connectivity index is 0.000000345. The first-order chi connectivity index (χ1) is 18.0. The van der Waals surface area contributed by atoms with Crippen LogP contribution in [0.25, 0.3) is 10.9 Å². The van der Waals surface area contributed by atoms with E-state index in [0.29, 0.717) is 10.9 Å². The molecule has 0 saturated carbocycles. The summed E-state index contributed by atoms with van der Waals surface area (Å²) in [5, 5.41) is 3.69. The van der Waals surface area contributed by atoms with Gasteiger partial charge >= 0.3 is 18.1 Å². The van der Waals surface area contributed by atoms with Crippen molar-refractivity contribution >= 4 is 46.1 Å². The Hall–Kier alpha value is -4.89. The van der Waals surface area contributed by atoms with Crippen molar-refractivity contribution in [1.29, 1.82) is 0 Å². The summed E-state index contributed by atoms with van der Waals surface area (Å²) < 4.78 is 9.16. The molecule has 0 amide bonds. The summed E-state index contributed by atoms with van der Waals surface area (Å²) >= 11 is 0. The molecule has 1 aromatic heterocycles. The number of methoxy groups -OCH3 is 2. The molecule has 2 aromatic carbocycles. The van der Waals surface area contributed by atoms with Gasteiger partial charge in [0.1, 0.15) is 5.69 Å². The monoisotopic (exact) mass is 524 g/mol. The number of esters is 2. The Labute approximate surface area is 220 Å². The highest BCUT2D eigenvalue weighted by Gasteiger charge is 2.10. The molecule has 0 fully saturated rings. The van der Waals surface area contributed by atoms with Crippen molar-refractivity contribution in [3.8, 4) is 0 Å². The number of allylic oxidation sites excluding steroid dienone is 1. The Morgan fingerprint density at radius 1 is 0.921 bits per heavy atom. The first-order valence-corrected chi connectivity index (χ1v) is 11.2. The quantitative estimate of drug-likeness (QED) is 0.365. The van der Waals surface area contributed by atoms with Gasteiger partial charge in [-0.1, -0.05) is 6.07 Å². The highest BCUT2D eigenvalue weighted by Crippen LogP contribution is 2.19. The molecular formula is C27H32N4O7. The Bertz CT molecular complexity index is 1370. The van der Waals surface area contributed by atoms with Crippen LogP contribution >= 0.6 is 0 Å². The number of ether oxygens (including phenoxy) is 2. The van der Waals surface area contributed by atoms with Gasteiger partial charge in [-0.2, -0.15) is 9.59 Å². The molecule has 3 aromatic rings. The Morgan fingerprint density at radius 2 is 1.53 bits per heavy atom. The second kappa shape index (κ2) is 15.3. The average Bonchev–Trinajstić information content (AvgIpc) is 2.88. The molecular weight excluding hydrogens is 492 g/mol. The summed E-state index contributed by atoms with van der Waals surface area (Å²) in [6, 6.07) is 14.6. The highest BCUT2D eigenvalue weighted by atomic mass is 16.5. The number of nitrogens with zero attached hydrogens (tertiary/aromatic N) is 2. The summed E-state index contributed by atoms with van der Waals surface area (Å²) in [5.41, 5.74) is 4.30. The van der Waals surface area contributed by atoms with E-state index in [-0.39, 0.29) is 23.2 Å². The van der Waals surface area contributed by atoms with Crippen molar-refractivity contribution in [2.75, 3.05) is 57.5 Å². The van der Waals surface area contributed by atoms with Crippen LogP contribution in [-0.4, -0.2) is 65.5 Å². The van der Waals surface area contributed by atoms with E-state index in [2.05, 4.69) is 19.8 Å². The number of fused-ring (bicyclic) bond motifs is 1. The number of benzene rings is 2. The minimum Gasteiger partial charge on any atom is -0.466 e. The molecule has 38 heavy (non-hydrogen) atoms. The molecule has 202 valence electrons. The molecule has 11 heteroatoms. The maximum atomic E-state index is 11.9. The number of pyridine rings is 1. The maximum Gasteiger partial charge on any atom is 0.373 e. The predicted octanol–water partition coefficient (Wildman–Crippen LogP) is 3.04. The smallest absolute Gasteiger partial charge is 0.373 e. The van der Waals surface area contributed by atoms with Crippen molar-refractivity contribution in [3.05, 3.63) is 76.2 Å². The van der Waals surface area contributed by atoms with E-state index in [0.717, 1.165) is 22.8 Å². The van der Waals surface area contributed by atoms with Crippen LogP contribution < -0.4 is 20.5 Å². The second-order valence-electron chi connectivity index (χ2n) is 8.17. The number of hydrogen-bond donors (Lipinski definition) is 2. The van der Waals surface area contributed by atoms with Crippen LogP contribution in [0.2, 0.25) is 0 Å². The van der Waals surface area contributed by atoms with Crippen molar-refractivity contribution in [3.63, 3.8) is 0 Å². The van der Waals surface area contributed by atoms with Crippen LogP contribution in [-0.2, 0) is 23.9 Å². The maximum absolute atomic E-state index is 11.9. The SMILES string of the molecule is COC(=O)/C=C(/C)Nc1cccc(N(C)C)c1.COC(=O)c1cc(=O)c2ccc(N(C)C)cc2[nH]1.O=C=O. The molecule has 0 aliphatic rings. The zero-order chi connectivity index (χ0) is 28.8. The van der Waals surface area contributed by atoms with Crippen LogP contribution in [0.5, 0.6) is 0 Å². The lowest BCUT2D eigenvalue weighted by Gasteiger charge is -2.14. The highest BCUT2D eigenvalue weighted by molar-refractivity contribution is 5.91. The van der Waals surface area contributed by atoms with Gasteiger partial charge in [-0.3, -0.25) is 4.79 Å². The first-order valence-electron chi connectivity index (χ1n) is 11.2. The molecule has 0 aliphatic heterocycles. The van der Waals surface area contributed by atoms with Gasteiger partial charge in [0.05, 0.1) is 19.7 Å². The third-order valence-corrected chi connectivity index (χ3v) is 4.97. The lowest BCUT2D eigenvalue weighted by molar-refractivity contribution is -0.191. The van der Waals surface area contributed by atoms with E-state index in [4.69, 9.17) is 9.59 Å². The number of aromatic nitrogens is 1. The lowest BCUT2D eigenvalue weighted by Crippen LogP contribution is -2.13. The van der Waals surface area contributed by atoms with Gasteiger partial charge in [0.15, 0.2) is 5.43 Å².